The van der Waals surface area contributed by atoms with E-state index in [0.29, 0.717) is 25.5 Å². The van der Waals surface area contributed by atoms with Crippen LogP contribution in [0.2, 0.25) is 10.0 Å². The predicted molar refractivity (Wildman–Crippen MR) is 69.3 cm³/mol. The van der Waals surface area contributed by atoms with E-state index in [-0.39, 0.29) is 5.69 Å². The topological polar surface area (TPSA) is 50.2 Å². The van der Waals surface area contributed by atoms with Gasteiger partial charge in [0.05, 0.1) is 9.88 Å². The molecule has 1 aromatic heterocycles. The molecule has 0 aliphatic carbocycles. The van der Waals surface area contributed by atoms with E-state index in [2.05, 4.69) is 4.98 Å². The Bertz CT molecular complexity index is 595. The van der Waals surface area contributed by atoms with E-state index in [1.807, 2.05) is 0 Å². The molecule has 6 heteroatoms. The van der Waals surface area contributed by atoms with E-state index in [1.165, 1.54) is 11.3 Å². The number of carbonyl (C=O) groups is 1. The SMILES string of the molecule is Cc1nc(C(=O)O)c(-c2cc(Cl)ccc2Cl)s1. The Hall–Kier alpha value is -1.10. The first-order valence-electron chi connectivity index (χ1n) is 4.65. The first kappa shape index (κ1) is 12.4. The smallest absolute Gasteiger partial charge is 0.356 e. The molecule has 3 nitrogen and oxygen atoms in total. The largest absolute Gasteiger partial charge is 0.476 e. The molecule has 0 saturated carbocycles. The highest BCUT2D eigenvalue weighted by Gasteiger charge is 2.19. The van der Waals surface area contributed by atoms with Crippen molar-refractivity contribution in [2.75, 3.05) is 0 Å². The molecule has 88 valence electrons. The zero-order valence-corrected chi connectivity index (χ0v) is 11.0. The van der Waals surface area contributed by atoms with E-state index < -0.39 is 5.97 Å². The van der Waals surface area contributed by atoms with Gasteiger partial charge in [0.1, 0.15) is 0 Å². The lowest BCUT2D eigenvalue weighted by atomic mass is 10.1. The van der Waals surface area contributed by atoms with Crippen molar-refractivity contribution in [2.24, 2.45) is 0 Å². The van der Waals surface area contributed by atoms with Gasteiger partial charge < -0.3 is 5.11 Å². The number of thiazole rings is 1. The van der Waals surface area contributed by atoms with Crippen LogP contribution >= 0.6 is 34.5 Å². The van der Waals surface area contributed by atoms with Gasteiger partial charge in [-0.15, -0.1) is 11.3 Å². The Labute approximate surface area is 112 Å². The summed E-state index contributed by atoms with van der Waals surface area (Å²) in [5.41, 5.74) is 0.610. The Kier molecular flexibility index (Phi) is 3.38. The first-order chi connectivity index (χ1) is 7.99. The van der Waals surface area contributed by atoms with Crippen LogP contribution in [0.5, 0.6) is 0 Å². The average Bonchev–Trinajstić information content (AvgIpc) is 2.64. The molecule has 0 aliphatic heterocycles. The molecule has 0 unspecified atom stereocenters. The van der Waals surface area contributed by atoms with Crippen molar-refractivity contribution in [3.63, 3.8) is 0 Å². The number of aryl methyl sites for hydroxylation is 1. The number of hydrogen-bond acceptors (Lipinski definition) is 3. The summed E-state index contributed by atoms with van der Waals surface area (Å²) >= 11 is 13.2. The zero-order valence-electron chi connectivity index (χ0n) is 8.70. The maximum atomic E-state index is 11.1. The van der Waals surface area contributed by atoms with Crippen LogP contribution in [0.15, 0.2) is 18.2 Å². The van der Waals surface area contributed by atoms with Gasteiger partial charge in [-0.25, -0.2) is 9.78 Å². The van der Waals surface area contributed by atoms with Crippen LogP contribution in [0, 0.1) is 6.92 Å². The van der Waals surface area contributed by atoms with Crippen LogP contribution < -0.4 is 0 Å². The molecule has 1 aromatic carbocycles. The lowest BCUT2D eigenvalue weighted by Crippen LogP contribution is -1.98. The number of rotatable bonds is 2. The number of nitrogens with zero attached hydrogens (tertiary/aromatic N) is 1. The number of carboxylic acid groups (broad SMARTS) is 1. The third-order valence-electron chi connectivity index (χ3n) is 2.11. The van der Waals surface area contributed by atoms with Crippen molar-refractivity contribution in [3.05, 3.63) is 38.9 Å². The molecule has 2 rings (SSSR count). The van der Waals surface area contributed by atoms with Crippen LogP contribution in [0.25, 0.3) is 10.4 Å². The Morgan fingerprint density at radius 3 is 2.76 bits per heavy atom. The molecular weight excluding hydrogens is 281 g/mol. The van der Waals surface area contributed by atoms with Crippen LogP contribution in [-0.2, 0) is 0 Å². The van der Waals surface area contributed by atoms with Crippen molar-refractivity contribution in [3.8, 4) is 10.4 Å². The standard InChI is InChI=1S/C11H7Cl2NO2S/c1-5-14-9(11(15)16)10(17-5)7-4-6(12)2-3-8(7)13/h2-4H,1H3,(H,15,16). The Morgan fingerprint density at radius 1 is 1.41 bits per heavy atom. The molecule has 1 heterocycles. The van der Waals surface area contributed by atoms with Crippen molar-refractivity contribution >= 4 is 40.5 Å². The minimum Gasteiger partial charge on any atom is -0.476 e. The predicted octanol–water partition coefficient (Wildman–Crippen LogP) is 4.12. The lowest BCUT2D eigenvalue weighted by Gasteiger charge is -2.02. The number of hydrogen-bond donors (Lipinski definition) is 1. The van der Waals surface area contributed by atoms with Crippen LogP contribution in [0.4, 0.5) is 0 Å². The third-order valence-corrected chi connectivity index (χ3v) is 3.68. The summed E-state index contributed by atoms with van der Waals surface area (Å²) in [6.45, 7) is 1.75. The molecule has 0 bridgehead atoms. The minimum atomic E-state index is -1.07. The lowest BCUT2D eigenvalue weighted by molar-refractivity contribution is 0.0692. The second kappa shape index (κ2) is 4.64. The second-order valence-electron chi connectivity index (χ2n) is 3.34. The summed E-state index contributed by atoms with van der Waals surface area (Å²) in [4.78, 5) is 15.6. The van der Waals surface area contributed by atoms with E-state index in [4.69, 9.17) is 28.3 Å². The number of aromatic carboxylic acids is 1. The molecule has 0 fully saturated rings. The molecule has 0 radical (unpaired) electrons. The summed E-state index contributed by atoms with van der Waals surface area (Å²) in [6, 6.07) is 4.94. The normalized spacial score (nSPS) is 10.5. The van der Waals surface area contributed by atoms with Gasteiger partial charge >= 0.3 is 5.97 Å². The Balaban J connectivity index is 2.67. The number of halogens is 2. The van der Waals surface area contributed by atoms with Gasteiger partial charge in [-0.1, -0.05) is 23.2 Å². The highest BCUT2D eigenvalue weighted by molar-refractivity contribution is 7.15. The summed E-state index contributed by atoms with van der Waals surface area (Å²) < 4.78 is 0. The van der Waals surface area contributed by atoms with E-state index in [0.717, 1.165) is 0 Å². The summed E-state index contributed by atoms with van der Waals surface area (Å²) in [6.07, 6.45) is 0. The highest BCUT2D eigenvalue weighted by Crippen LogP contribution is 2.36. The molecule has 2 aromatic rings. The fraction of sp³-hybridized carbons (Fsp3) is 0.0909. The third kappa shape index (κ3) is 2.44. The van der Waals surface area contributed by atoms with Crippen LogP contribution in [0.1, 0.15) is 15.5 Å². The fourth-order valence-electron chi connectivity index (χ4n) is 1.43. The van der Waals surface area contributed by atoms with Crippen LogP contribution in [-0.4, -0.2) is 16.1 Å². The molecule has 0 atom stereocenters. The first-order valence-corrected chi connectivity index (χ1v) is 6.22. The van der Waals surface area contributed by atoms with Gasteiger partial charge in [0.2, 0.25) is 0 Å². The monoisotopic (exact) mass is 287 g/mol. The number of carboxylic acids is 1. The number of aromatic nitrogens is 1. The zero-order chi connectivity index (χ0) is 12.6. The molecule has 1 N–H and O–H groups in total. The van der Waals surface area contributed by atoms with E-state index >= 15 is 0 Å². The molecule has 0 spiro atoms. The maximum absolute atomic E-state index is 11.1. The maximum Gasteiger partial charge on any atom is 0.356 e. The molecule has 0 aliphatic rings. The van der Waals surface area contributed by atoms with Gasteiger partial charge in [0.15, 0.2) is 5.69 Å². The summed E-state index contributed by atoms with van der Waals surface area (Å²) in [5.74, 6) is -1.07. The van der Waals surface area contributed by atoms with Gasteiger partial charge in [-0.3, -0.25) is 0 Å². The summed E-state index contributed by atoms with van der Waals surface area (Å²) in [7, 11) is 0. The fourth-order valence-corrected chi connectivity index (χ4v) is 2.81. The van der Waals surface area contributed by atoms with Gasteiger partial charge in [0, 0.05) is 15.6 Å². The number of benzene rings is 1. The van der Waals surface area contributed by atoms with Crippen LogP contribution in [0.3, 0.4) is 0 Å². The van der Waals surface area contributed by atoms with Crippen molar-refractivity contribution in [2.45, 2.75) is 6.92 Å². The van der Waals surface area contributed by atoms with E-state index in [9.17, 15) is 4.79 Å². The van der Waals surface area contributed by atoms with Crippen molar-refractivity contribution < 1.29 is 9.90 Å². The second-order valence-corrected chi connectivity index (χ2v) is 5.39. The average molecular weight is 288 g/mol. The van der Waals surface area contributed by atoms with Crippen molar-refractivity contribution in [1.29, 1.82) is 0 Å². The minimum absolute atomic E-state index is 0.0108. The molecule has 17 heavy (non-hydrogen) atoms. The quantitative estimate of drug-likeness (QED) is 0.904. The van der Waals surface area contributed by atoms with Gasteiger partial charge in [0.25, 0.3) is 0 Å². The summed E-state index contributed by atoms with van der Waals surface area (Å²) in [5, 5.41) is 10.7. The van der Waals surface area contributed by atoms with Crippen molar-refractivity contribution in [1.82, 2.24) is 4.98 Å². The molecule has 0 amide bonds. The van der Waals surface area contributed by atoms with E-state index in [1.54, 1.807) is 25.1 Å². The molecular formula is C11H7Cl2NO2S. The highest BCUT2D eigenvalue weighted by atomic mass is 35.5. The molecule has 0 saturated heterocycles. The van der Waals surface area contributed by atoms with Gasteiger partial charge in [-0.2, -0.15) is 0 Å². The Morgan fingerprint density at radius 2 is 2.12 bits per heavy atom. The van der Waals surface area contributed by atoms with Gasteiger partial charge in [-0.05, 0) is 25.1 Å².